The normalized spacial score (nSPS) is 12.5. The predicted molar refractivity (Wildman–Crippen MR) is 110 cm³/mol. The minimum atomic E-state index is 0. The van der Waals surface area contributed by atoms with Crippen LogP contribution in [0.3, 0.4) is 0 Å². The zero-order valence-electron chi connectivity index (χ0n) is 17.3. The van der Waals surface area contributed by atoms with Gasteiger partial charge < -0.3 is 23.4 Å². The topological polar surface area (TPSA) is 42.3 Å². The van der Waals surface area contributed by atoms with E-state index in [9.17, 15) is 0 Å². The molecule has 1 atom stereocenters. The van der Waals surface area contributed by atoms with E-state index in [1.807, 2.05) is 13.8 Å². The second-order valence-electron chi connectivity index (χ2n) is 5.34. The van der Waals surface area contributed by atoms with Crippen molar-refractivity contribution in [2.75, 3.05) is 33.7 Å². The third-order valence-corrected chi connectivity index (χ3v) is 3.42. The van der Waals surface area contributed by atoms with Gasteiger partial charge in [0.2, 0.25) is 0 Å². The van der Waals surface area contributed by atoms with Gasteiger partial charge in [0.1, 0.15) is 0 Å². The van der Waals surface area contributed by atoms with Crippen LogP contribution < -0.4 is 0 Å². The van der Waals surface area contributed by atoms with Gasteiger partial charge in [0.25, 0.3) is 0 Å². The van der Waals surface area contributed by atoms with E-state index in [0.717, 1.165) is 19.6 Å². The maximum absolute atomic E-state index is 4.57. The van der Waals surface area contributed by atoms with Crippen molar-refractivity contribution in [1.82, 2.24) is 0 Å². The van der Waals surface area contributed by atoms with Crippen LogP contribution in [-0.4, -0.2) is 39.8 Å². The molecule has 1 unspecified atom stereocenters. The van der Waals surface area contributed by atoms with Crippen molar-refractivity contribution in [2.24, 2.45) is 0 Å². The molecule has 1 aliphatic rings. The van der Waals surface area contributed by atoms with Gasteiger partial charge in [0.15, 0.2) is 0 Å². The quantitative estimate of drug-likeness (QED) is 0.192. The summed E-state index contributed by atoms with van der Waals surface area (Å²) in [6, 6.07) is 0.558. The van der Waals surface area contributed by atoms with E-state index in [-0.39, 0.29) is 33.3 Å². The van der Waals surface area contributed by atoms with Crippen molar-refractivity contribution in [1.29, 1.82) is 0 Å². The van der Waals surface area contributed by atoms with Crippen molar-refractivity contribution in [2.45, 2.75) is 65.8 Å². The molecular formula is C20H41HfN3. The van der Waals surface area contributed by atoms with Crippen LogP contribution >= 0.6 is 0 Å². The van der Waals surface area contributed by atoms with Crippen LogP contribution in [0.5, 0.6) is 0 Å². The summed E-state index contributed by atoms with van der Waals surface area (Å²) in [6.45, 7) is 11.4. The largest absolute Gasteiger partial charge is 4.00 e. The number of nitrogens with zero attached hydrogens (tertiary/aromatic N) is 3. The van der Waals surface area contributed by atoms with Crippen molar-refractivity contribution >= 4 is 0 Å². The smallest absolute Gasteiger partial charge is 0.665 e. The number of hydrogen-bond donors (Lipinski definition) is 0. The van der Waals surface area contributed by atoms with Gasteiger partial charge in [0, 0.05) is 0 Å². The molecule has 4 heteroatoms. The number of hydrogen-bond acceptors (Lipinski definition) is 0. The molecule has 0 fully saturated rings. The molecule has 0 radical (unpaired) electrons. The van der Waals surface area contributed by atoms with Crippen LogP contribution in [0, 0.1) is 7.43 Å². The number of rotatable bonds is 9. The first-order valence-electron chi connectivity index (χ1n) is 8.78. The van der Waals surface area contributed by atoms with Gasteiger partial charge in [-0.3, -0.25) is 0 Å². The van der Waals surface area contributed by atoms with E-state index in [0.29, 0.717) is 6.04 Å². The SMILES string of the molecule is CCC(C)[N-]CCCCC1=CC=CC1.CC[N-]C.CC[N-]C.[CH3-].[Hf+4]. The molecule has 0 N–H and O–H groups in total. The molecule has 1 rings (SSSR count). The molecule has 0 amide bonds. The van der Waals surface area contributed by atoms with Crippen LogP contribution in [-0.2, 0) is 25.8 Å². The standard InChI is InChI=1S/C13H22N.2C3H8N.CH3.Hf/c1-3-12(2)14-11-7-6-10-13-8-4-5-9-13;2*1-3-4-2;;/h4-5,8,12H,3,6-7,9-11H2,1-2H3;2*3H2,1-2H3;1H3;/q4*-1;+4. The molecule has 1 aliphatic carbocycles. The van der Waals surface area contributed by atoms with Crippen LogP contribution in [0.1, 0.15) is 59.8 Å². The van der Waals surface area contributed by atoms with Crippen molar-refractivity contribution in [3.8, 4) is 0 Å². The Morgan fingerprint density at radius 2 is 1.58 bits per heavy atom. The fourth-order valence-electron chi connectivity index (χ4n) is 1.58. The zero-order valence-corrected chi connectivity index (χ0v) is 20.9. The fraction of sp³-hybridized carbons (Fsp3) is 0.750. The second kappa shape index (κ2) is 28.1. The van der Waals surface area contributed by atoms with Gasteiger partial charge >= 0.3 is 25.8 Å². The van der Waals surface area contributed by atoms with E-state index in [2.05, 4.69) is 48.0 Å². The molecule has 0 aromatic carbocycles. The average molecular weight is 502 g/mol. The summed E-state index contributed by atoms with van der Waals surface area (Å²) < 4.78 is 0. The predicted octanol–water partition coefficient (Wildman–Crippen LogP) is 6.68. The summed E-state index contributed by atoms with van der Waals surface area (Å²) in [4.78, 5) is 0. The van der Waals surface area contributed by atoms with Crippen molar-refractivity contribution in [3.05, 3.63) is 47.2 Å². The van der Waals surface area contributed by atoms with E-state index in [1.54, 1.807) is 19.7 Å². The Kier molecular flexibility index (Phi) is 37.3. The monoisotopic (exact) mass is 503 g/mol. The van der Waals surface area contributed by atoms with Crippen LogP contribution in [0.4, 0.5) is 0 Å². The molecule has 0 aromatic heterocycles. The second-order valence-corrected chi connectivity index (χ2v) is 5.34. The summed E-state index contributed by atoms with van der Waals surface area (Å²) >= 11 is 0. The van der Waals surface area contributed by atoms with E-state index in [1.165, 1.54) is 32.1 Å². The van der Waals surface area contributed by atoms with E-state index >= 15 is 0 Å². The first kappa shape index (κ1) is 31.9. The first-order valence-corrected chi connectivity index (χ1v) is 8.78. The van der Waals surface area contributed by atoms with E-state index < -0.39 is 0 Å². The molecule has 0 heterocycles. The molecule has 0 bridgehead atoms. The molecule has 24 heavy (non-hydrogen) atoms. The van der Waals surface area contributed by atoms with Gasteiger partial charge in [-0.1, -0.05) is 70.8 Å². The Hall–Kier alpha value is 0.230. The Morgan fingerprint density at radius 3 is 1.96 bits per heavy atom. The Balaban J connectivity index is -0.000000170. The molecule has 3 nitrogen and oxygen atoms in total. The van der Waals surface area contributed by atoms with Gasteiger partial charge in [-0.2, -0.15) is 27.2 Å². The summed E-state index contributed by atoms with van der Waals surface area (Å²) in [5.74, 6) is 0. The van der Waals surface area contributed by atoms with Gasteiger partial charge in [-0.05, 0) is 12.8 Å². The number of unbranched alkanes of at least 4 members (excludes halogenated alkanes) is 1. The zero-order chi connectivity index (χ0) is 17.1. The van der Waals surface area contributed by atoms with Gasteiger partial charge in [-0.15, -0.1) is 12.6 Å². The van der Waals surface area contributed by atoms with E-state index in [4.69, 9.17) is 0 Å². The first-order chi connectivity index (χ1) is 10.7. The fourth-order valence-corrected chi connectivity index (χ4v) is 1.58. The summed E-state index contributed by atoms with van der Waals surface area (Å²) in [6.07, 6.45) is 12.8. The Labute approximate surface area is 172 Å². The summed E-state index contributed by atoms with van der Waals surface area (Å²) in [5, 5.41) is 12.0. The Morgan fingerprint density at radius 1 is 1.04 bits per heavy atom. The average Bonchev–Trinajstić information content (AvgIpc) is 3.08. The molecule has 0 saturated heterocycles. The maximum atomic E-state index is 4.57. The minimum absolute atomic E-state index is 0. The minimum Gasteiger partial charge on any atom is -0.665 e. The molecule has 0 aromatic rings. The van der Waals surface area contributed by atoms with Crippen molar-refractivity contribution in [3.63, 3.8) is 0 Å². The maximum Gasteiger partial charge on any atom is 4.00 e. The molecule has 0 aliphatic heterocycles. The van der Waals surface area contributed by atoms with Gasteiger partial charge in [0.05, 0.1) is 0 Å². The molecule has 0 spiro atoms. The molecular weight excluding hydrogens is 461 g/mol. The summed E-state index contributed by atoms with van der Waals surface area (Å²) in [5.41, 5.74) is 1.59. The Bertz CT molecular complexity index is 258. The third kappa shape index (κ3) is 27.1. The van der Waals surface area contributed by atoms with Gasteiger partial charge in [-0.25, -0.2) is 0 Å². The molecule has 140 valence electrons. The van der Waals surface area contributed by atoms with Crippen molar-refractivity contribution < 1.29 is 25.8 Å². The van der Waals surface area contributed by atoms with Crippen LogP contribution in [0.25, 0.3) is 16.0 Å². The summed E-state index contributed by atoms with van der Waals surface area (Å²) in [7, 11) is 3.61. The van der Waals surface area contributed by atoms with Crippen LogP contribution in [0.15, 0.2) is 23.8 Å². The van der Waals surface area contributed by atoms with Crippen LogP contribution in [0.2, 0.25) is 0 Å². The number of allylic oxidation sites excluding steroid dienone is 4. The molecule has 0 saturated carbocycles. The third-order valence-electron chi connectivity index (χ3n) is 3.42.